The van der Waals surface area contributed by atoms with Crippen molar-refractivity contribution in [2.75, 3.05) is 18.5 Å². The second-order valence-corrected chi connectivity index (χ2v) is 6.86. The number of hydrogen-bond donors (Lipinski definition) is 2. The van der Waals surface area contributed by atoms with Crippen molar-refractivity contribution in [3.05, 3.63) is 27.8 Å². The van der Waals surface area contributed by atoms with E-state index < -0.39 is 5.60 Å². The molecular formula is C16H22INO3. The Balaban J connectivity index is 1.83. The molecule has 1 aromatic carbocycles. The predicted molar refractivity (Wildman–Crippen MR) is 91.2 cm³/mol. The summed E-state index contributed by atoms with van der Waals surface area (Å²) in [5.74, 6) is -0.173. The van der Waals surface area contributed by atoms with Gasteiger partial charge in [0.15, 0.2) is 0 Å². The first-order valence-electron chi connectivity index (χ1n) is 7.41. The summed E-state index contributed by atoms with van der Waals surface area (Å²) in [6, 6.07) is 8.07. The topological polar surface area (TPSA) is 58.6 Å². The van der Waals surface area contributed by atoms with Crippen LogP contribution >= 0.6 is 22.6 Å². The molecule has 1 fully saturated rings. The fourth-order valence-corrected chi connectivity index (χ4v) is 3.24. The van der Waals surface area contributed by atoms with E-state index >= 15 is 0 Å². The van der Waals surface area contributed by atoms with Crippen molar-refractivity contribution in [2.24, 2.45) is 5.92 Å². The average molecular weight is 403 g/mol. The summed E-state index contributed by atoms with van der Waals surface area (Å²) in [6.45, 7) is 2.76. The quantitative estimate of drug-likeness (QED) is 0.586. The number of anilines is 1. The van der Waals surface area contributed by atoms with E-state index in [1.807, 2.05) is 31.2 Å². The summed E-state index contributed by atoms with van der Waals surface area (Å²) >= 11 is 2.27. The first-order valence-corrected chi connectivity index (χ1v) is 8.49. The van der Waals surface area contributed by atoms with E-state index in [1.54, 1.807) is 0 Å². The lowest BCUT2D eigenvalue weighted by Gasteiger charge is -2.35. The van der Waals surface area contributed by atoms with Crippen LogP contribution in [0.2, 0.25) is 0 Å². The Morgan fingerprint density at radius 1 is 1.48 bits per heavy atom. The zero-order valence-corrected chi connectivity index (χ0v) is 14.4. The first kappa shape index (κ1) is 16.5. The average Bonchev–Trinajstić information content (AvgIpc) is 2.46. The van der Waals surface area contributed by atoms with E-state index in [1.165, 1.54) is 0 Å². The van der Waals surface area contributed by atoms with Crippen molar-refractivity contribution in [1.29, 1.82) is 0 Å². The monoisotopic (exact) mass is 403 g/mol. The summed E-state index contributed by atoms with van der Waals surface area (Å²) in [7, 11) is 0. The van der Waals surface area contributed by atoms with Gasteiger partial charge in [-0.15, -0.1) is 0 Å². The van der Waals surface area contributed by atoms with Crippen LogP contribution in [-0.2, 0) is 9.53 Å². The Morgan fingerprint density at radius 3 is 2.81 bits per heavy atom. The molecule has 0 saturated heterocycles. The van der Waals surface area contributed by atoms with E-state index in [-0.39, 0.29) is 11.9 Å². The largest absolute Gasteiger partial charge is 0.466 e. The molecule has 0 amide bonds. The van der Waals surface area contributed by atoms with Crippen molar-refractivity contribution in [3.63, 3.8) is 0 Å². The Bertz CT molecular complexity index is 484. The minimum Gasteiger partial charge on any atom is -0.466 e. The number of benzene rings is 1. The number of esters is 1. The van der Waals surface area contributed by atoms with Crippen molar-refractivity contribution >= 4 is 34.2 Å². The van der Waals surface area contributed by atoms with Gasteiger partial charge in [-0.05, 0) is 73.4 Å². The Morgan fingerprint density at radius 2 is 2.19 bits per heavy atom. The molecule has 0 spiro atoms. The zero-order chi connectivity index (χ0) is 15.3. The number of carbonyl (C=O) groups is 1. The summed E-state index contributed by atoms with van der Waals surface area (Å²) in [4.78, 5) is 11.7. The molecule has 4 nitrogen and oxygen atoms in total. The molecule has 1 saturated carbocycles. The van der Waals surface area contributed by atoms with E-state index in [9.17, 15) is 9.90 Å². The molecule has 116 valence electrons. The molecular weight excluding hydrogens is 381 g/mol. The van der Waals surface area contributed by atoms with Gasteiger partial charge in [0, 0.05) is 15.8 Å². The number of ether oxygens (including phenoxy) is 1. The number of rotatable bonds is 5. The van der Waals surface area contributed by atoms with Crippen molar-refractivity contribution < 1.29 is 14.6 Å². The van der Waals surface area contributed by atoms with Gasteiger partial charge in [0.1, 0.15) is 0 Å². The van der Waals surface area contributed by atoms with Crippen LogP contribution in [0.4, 0.5) is 5.69 Å². The minimum atomic E-state index is -0.732. The first-order chi connectivity index (χ1) is 10.0. The Kier molecular flexibility index (Phi) is 5.87. The Hall–Kier alpha value is -0.820. The van der Waals surface area contributed by atoms with Crippen molar-refractivity contribution in [1.82, 2.24) is 0 Å². The smallest absolute Gasteiger partial charge is 0.308 e. The van der Waals surface area contributed by atoms with Gasteiger partial charge in [0.25, 0.3) is 0 Å². The molecule has 0 heterocycles. The summed E-state index contributed by atoms with van der Waals surface area (Å²) in [6.07, 6.45) is 2.66. The molecule has 5 heteroatoms. The van der Waals surface area contributed by atoms with Crippen molar-refractivity contribution in [3.8, 4) is 0 Å². The highest BCUT2D eigenvalue weighted by Gasteiger charge is 2.36. The molecule has 0 atom stereocenters. The molecule has 2 N–H and O–H groups in total. The van der Waals surface area contributed by atoms with Crippen LogP contribution in [0.3, 0.4) is 0 Å². The van der Waals surface area contributed by atoms with E-state index in [0.29, 0.717) is 38.8 Å². The Labute approximate surface area is 139 Å². The molecule has 2 rings (SSSR count). The highest BCUT2D eigenvalue weighted by molar-refractivity contribution is 14.1. The molecule has 0 aliphatic heterocycles. The molecule has 1 aliphatic carbocycles. The van der Waals surface area contributed by atoms with Gasteiger partial charge in [-0.1, -0.05) is 6.07 Å². The molecule has 21 heavy (non-hydrogen) atoms. The molecule has 0 unspecified atom stereocenters. The lowest BCUT2D eigenvalue weighted by Crippen LogP contribution is -2.42. The molecule has 1 aliphatic rings. The third-order valence-electron chi connectivity index (χ3n) is 3.98. The van der Waals surface area contributed by atoms with E-state index in [2.05, 4.69) is 27.9 Å². The van der Waals surface area contributed by atoms with Crippen LogP contribution in [0.25, 0.3) is 0 Å². The zero-order valence-electron chi connectivity index (χ0n) is 12.3. The maximum absolute atomic E-state index is 11.7. The highest BCUT2D eigenvalue weighted by atomic mass is 127. The second-order valence-electron chi connectivity index (χ2n) is 5.61. The van der Waals surface area contributed by atoms with Crippen LogP contribution in [0.1, 0.15) is 32.6 Å². The summed E-state index contributed by atoms with van der Waals surface area (Å²) in [5, 5.41) is 13.9. The summed E-state index contributed by atoms with van der Waals surface area (Å²) in [5.41, 5.74) is 0.285. The fraction of sp³-hybridized carbons (Fsp3) is 0.562. The minimum absolute atomic E-state index is 0.0529. The summed E-state index contributed by atoms with van der Waals surface area (Å²) < 4.78 is 6.22. The van der Waals surface area contributed by atoms with Crippen LogP contribution in [0, 0.1) is 9.49 Å². The number of aliphatic hydroxyl groups is 1. The molecule has 0 bridgehead atoms. The van der Waals surface area contributed by atoms with E-state index in [4.69, 9.17) is 4.74 Å². The fourth-order valence-electron chi connectivity index (χ4n) is 2.69. The number of carbonyl (C=O) groups excluding carboxylic acids is 1. The second kappa shape index (κ2) is 7.45. The van der Waals surface area contributed by atoms with E-state index in [0.717, 1.165) is 9.26 Å². The molecule has 0 radical (unpaired) electrons. The number of halogens is 1. The van der Waals surface area contributed by atoms with Gasteiger partial charge >= 0.3 is 5.97 Å². The predicted octanol–water partition coefficient (Wildman–Crippen LogP) is 3.19. The maximum Gasteiger partial charge on any atom is 0.308 e. The van der Waals surface area contributed by atoms with Gasteiger partial charge in [-0.3, -0.25) is 4.79 Å². The lowest BCUT2D eigenvalue weighted by atomic mass is 9.78. The van der Waals surface area contributed by atoms with Crippen LogP contribution in [-0.4, -0.2) is 29.8 Å². The third-order valence-corrected chi connectivity index (χ3v) is 4.65. The van der Waals surface area contributed by atoms with Gasteiger partial charge < -0.3 is 15.2 Å². The highest BCUT2D eigenvalue weighted by Crippen LogP contribution is 2.33. The number of hydrogen-bond acceptors (Lipinski definition) is 4. The van der Waals surface area contributed by atoms with Gasteiger partial charge in [0.2, 0.25) is 0 Å². The van der Waals surface area contributed by atoms with Gasteiger partial charge in [-0.25, -0.2) is 0 Å². The molecule has 1 aromatic rings. The van der Waals surface area contributed by atoms with Gasteiger partial charge in [-0.2, -0.15) is 0 Å². The third kappa shape index (κ3) is 4.85. The maximum atomic E-state index is 11.7. The SMILES string of the molecule is CCOC(=O)C1CCC(O)(CNc2cccc(I)c2)CC1. The normalized spacial score (nSPS) is 25.4. The van der Waals surface area contributed by atoms with Gasteiger partial charge in [0.05, 0.1) is 18.1 Å². The lowest BCUT2D eigenvalue weighted by molar-refractivity contribution is -0.150. The molecule has 0 aromatic heterocycles. The van der Waals surface area contributed by atoms with Crippen LogP contribution in [0.5, 0.6) is 0 Å². The van der Waals surface area contributed by atoms with Crippen LogP contribution in [0.15, 0.2) is 24.3 Å². The van der Waals surface area contributed by atoms with Crippen LogP contribution < -0.4 is 5.32 Å². The van der Waals surface area contributed by atoms with Crippen molar-refractivity contribution in [2.45, 2.75) is 38.2 Å². The number of nitrogens with one attached hydrogen (secondary N) is 1. The standard InChI is InChI=1S/C16H22INO3/c1-2-21-15(19)12-6-8-16(20,9-7-12)11-18-14-5-3-4-13(17)10-14/h3-5,10,12,18,20H,2,6-9,11H2,1H3.